The summed E-state index contributed by atoms with van der Waals surface area (Å²) >= 11 is 4.76. The molecule has 0 unspecified atom stereocenters. The van der Waals surface area contributed by atoms with Crippen LogP contribution in [0.4, 0.5) is 0 Å². The van der Waals surface area contributed by atoms with Crippen LogP contribution in [0.2, 0.25) is 0 Å². The van der Waals surface area contributed by atoms with E-state index in [1.54, 1.807) is 0 Å². The Labute approximate surface area is 96.7 Å². The summed E-state index contributed by atoms with van der Waals surface area (Å²) in [6.45, 7) is 1.99. The summed E-state index contributed by atoms with van der Waals surface area (Å²) in [5.41, 5.74) is 0. The van der Waals surface area contributed by atoms with Crippen molar-refractivity contribution in [1.82, 2.24) is 4.72 Å². The predicted molar refractivity (Wildman–Crippen MR) is 63.0 cm³/mol. The van der Waals surface area contributed by atoms with Gasteiger partial charge in [-0.3, -0.25) is 9.52 Å². The highest BCUT2D eigenvalue weighted by atomic mass is 79.9. The summed E-state index contributed by atoms with van der Waals surface area (Å²) in [5, 5.41) is 0. The molecule has 1 amide bonds. The van der Waals surface area contributed by atoms with Gasteiger partial charge in [-0.25, -0.2) is 0 Å². The topological polar surface area (TPSA) is 29.1 Å². The van der Waals surface area contributed by atoms with Crippen molar-refractivity contribution in [2.45, 2.75) is 24.7 Å². The molecule has 0 aromatic heterocycles. The largest absolute Gasteiger partial charge is 0.296 e. The zero-order valence-electron chi connectivity index (χ0n) is 7.92. The fourth-order valence-electron chi connectivity index (χ4n) is 0.917. The summed E-state index contributed by atoms with van der Waals surface area (Å²) in [5.74, 6) is 0.0771. The maximum atomic E-state index is 11.2. The molecule has 4 heteroatoms. The predicted octanol–water partition coefficient (Wildman–Crippen LogP) is 3.37. The first-order valence-corrected chi connectivity index (χ1v) is 6.05. The lowest BCUT2D eigenvalue weighted by atomic mass is 10.3. The lowest BCUT2D eigenvalue weighted by Gasteiger charge is -2.04. The molecule has 76 valence electrons. The van der Waals surface area contributed by atoms with Crippen molar-refractivity contribution < 1.29 is 4.79 Å². The van der Waals surface area contributed by atoms with Crippen LogP contribution < -0.4 is 4.72 Å². The van der Waals surface area contributed by atoms with Crippen LogP contribution in [-0.4, -0.2) is 5.91 Å². The van der Waals surface area contributed by atoms with Gasteiger partial charge in [0.15, 0.2) is 0 Å². The Hall–Kier alpha value is -0.480. The number of halogens is 1. The quantitative estimate of drug-likeness (QED) is 0.853. The lowest BCUT2D eigenvalue weighted by Crippen LogP contribution is -2.14. The standard InChI is InChI=1S/C10H12BrNOS/c1-2-5-10(13)12-14-9-7-4-3-6-8(9)11/h3-4,6-7H,2,5H2,1H3,(H,12,13). The van der Waals surface area contributed by atoms with E-state index in [0.29, 0.717) is 6.42 Å². The average molecular weight is 274 g/mol. The van der Waals surface area contributed by atoms with Gasteiger partial charge in [0.05, 0.1) is 0 Å². The second kappa shape index (κ2) is 6.09. The molecular formula is C10H12BrNOS. The van der Waals surface area contributed by atoms with Gasteiger partial charge >= 0.3 is 0 Å². The van der Waals surface area contributed by atoms with Crippen molar-refractivity contribution in [2.24, 2.45) is 0 Å². The fourth-order valence-corrected chi connectivity index (χ4v) is 2.08. The molecule has 1 aromatic rings. The van der Waals surface area contributed by atoms with Gasteiger partial charge in [-0.05, 0) is 46.4 Å². The van der Waals surface area contributed by atoms with Crippen LogP contribution in [0.1, 0.15) is 19.8 Å². The molecule has 0 fully saturated rings. The maximum absolute atomic E-state index is 11.2. The zero-order chi connectivity index (χ0) is 10.4. The van der Waals surface area contributed by atoms with E-state index < -0.39 is 0 Å². The van der Waals surface area contributed by atoms with Crippen molar-refractivity contribution in [3.63, 3.8) is 0 Å². The Kier molecular flexibility index (Phi) is 5.04. The van der Waals surface area contributed by atoms with Crippen molar-refractivity contribution in [3.8, 4) is 0 Å². The number of carbonyl (C=O) groups is 1. The van der Waals surface area contributed by atoms with Gasteiger partial charge in [-0.15, -0.1) is 0 Å². The van der Waals surface area contributed by atoms with E-state index in [1.807, 2.05) is 31.2 Å². The highest BCUT2D eigenvalue weighted by Gasteiger charge is 2.02. The molecule has 14 heavy (non-hydrogen) atoms. The molecule has 0 aliphatic heterocycles. The molecule has 0 saturated carbocycles. The number of benzene rings is 1. The molecule has 0 aliphatic carbocycles. The average Bonchev–Trinajstić information content (AvgIpc) is 2.17. The number of hydrogen-bond acceptors (Lipinski definition) is 2. The minimum absolute atomic E-state index is 0.0771. The number of nitrogens with one attached hydrogen (secondary N) is 1. The molecule has 0 bridgehead atoms. The lowest BCUT2D eigenvalue weighted by molar-refractivity contribution is -0.119. The third-order valence-corrected chi connectivity index (χ3v) is 3.45. The Morgan fingerprint density at radius 2 is 2.21 bits per heavy atom. The highest BCUT2D eigenvalue weighted by Crippen LogP contribution is 2.24. The summed E-state index contributed by atoms with van der Waals surface area (Å²) < 4.78 is 3.79. The Morgan fingerprint density at radius 1 is 1.50 bits per heavy atom. The minimum atomic E-state index is 0.0771. The molecule has 1 rings (SSSR count). The molecule has 0 spiro atoms. The maximum Gasteiger partial charge on any atom is 0.230 e. The zero-order valence-corrected chi connectivity index (χ0v) is 10.3. The first-order valence-electron chi connectivity index (χ1n) is 4.44. The summed E-state index contributed by atoms with van der Waals surface area (Å²) in [6.07, 6.45) is 1.46. The van der Waals surface area contributed by atoms with E-state index in [1.165, 1.54) is 11.9 Å². The molecule has 0 atom stereocenters. The van der Waals surface area contributed by atoms with Crippen LogP contribution in [0, 0.1) is 0 Å². The molecule has 0 saturated heterocycles. The van der Waals surface area contributed by atoms with Crippen LogP contribution in [0.3, 0.4) is 0 Å². The van der Waals surface area contributed by atoms with Crippen molar-refractivity contribution in [3.05, 3.63) is 28.7 Å². The second-order valence-corrected chi connectivity index (χ2v) is 4.51. The van der Waals surface area contributed by atoms with E-state index in [2.05, 4.69) is 20.7 Å². The first kappa shape index (κ1) is 11.6. The summed E-state index contributed by atoms with van der Waals surface area (Å²) in [7, 11) is 0. The van der Waals surface area contributed by atoms with Crippen LogP contribution in [0.5, 0.6) is 0 Å². The Bertz CT molecular complexity index is 317. The van der Waals surface area contributed by atoms with Gasteiger partial charge in [0.1, 0.15) is 0 Å². The molecule has 0 aliphatic rings. The third kappa shape index (κ3) is 3.72. The number of rotatable bonds is 4. The van der Waals surface area contributed by atoms with Gasteiger partial charge in [0, 0.05) is 15.8 Å². The molecule has 1 aromatic carbocycles. The van der Waals surface area contributed by atoms with E-state index >= 15 is 0 Å². The molecular weight excluding hydrogens is 262 g/mol. The van der Waals surface area contributed by atoms with Crippen molar-refractivity contribution >= 4 is 33.8 Å². The number of hydrogen-bond donors (Lipinski definition) is 1. The van der Waals surface area contributed by atoms with Crippen LogP contribution in [-0.2, 0) is 4.79 Å². The summed E-state index contributed by atoms with van der Waals surface area (Å²) in [6, 6.07) is 7.80. The number of amides is 1. The van der Waals surface area contributed by atoms with E-state index in [9.17, 15) is 4.79 Å². The molecule has 0 radical (unpaired) electrons. The van der Waals surface area contributed by atoms with Crippen LogP contribution in [0.15, 0.2) is 33.6 Å². The highest BCUT2D eigenvalue weighted by molar-refractivity contribution is 9.10. The van der Waals surface area contributed by atoms with E-state index in [4.69, 9.17) is 0 Å². The van der Waals surface area contributed by atoms with E-state index in [-0.39, 0.29) is 5.91 Å². The minimum Gasteiger partial charge on any atom is -0.296 e. The second-order valence-electron chi connectivity index (χ2n) is 2.81. The van der Waals surface area contributed by atoms with Gasteiger partial charge in [0.25, 0.3) is 0 Å². The van der Waals surface area contributed by atoms with Gasteiger partial charge in [-0.2, -0.15) is 0 Å². The van der Waals surface area contributed by atoms with Gasteiger partial charge in [-0.1, -0.05) is 19.1 Å². The van der Waals surface area contributed by atoms with Crippen molar-refractivity contribution in [1.29, 1.82) is 0 Å². The smallest absolute Gasteiger partial charge is 0.230 e. The molecule has 1 N–H and O–H groups in total. The molecule has 0 heterocycles. The van der Waals surface area contributed by atoms with Crippen LogP contribution in [0.25, 0.3) is 0 Å². The number of carbonyl (C=O) groups excluding carboxylic acids is 1. The Morgan fingerprint density at radius 3 is 2.86 bits per heavy atom. The van der Waals surface area contributed by atoms with Gasteiger partial charge < -0.3 is 0 Å². The SMILES string of the molecule is CCCC(=O)NSc1ccccc1Br. The first-order chi connectivity index (χ1) is 6.74. The van der Waals surface area contributed by atoms with Gasteiger partial charge in [0.2, 0.25) is 5.91 Å². The molecule has 2 nitrogen and oxygen atoms in total. The summed E-state index contributed by atoms with van der Waals surface area (Å²) in [4.78, 5) is 12.2. The van der Waals surface area contributed by atoms with E-state index in [0.717, 1.165) is 15.8 Å². The van der Waals surface area contributed by atoms with Crippen LogP contribution >= 0.6 is 27.9 Å². The van der Waals surface area contributed by atoms with Crippen molar-refractivity contribution in [2.75, 3.05) is 0 Å². The third-order valence-electron chi connectivity index (χ3n) is 1.59. The monoisotopic (exact) mass is 273 g/mol. The Balaban J connectivity index is 2.46. The fraction of sp³-hybridized carbons (Fsp3) is 0.300. The normalized spacial score (nSPS) is 9.86.